The predicted molar refractivity (Wildman–Crippen MR) is 72.1 cm³/mol. The summed E-state index contributed by atoms with van der Waals surface area (Å²) in [5.41, 5.74) is -0.0654. The van der Waals surface area contributed by atoms with Gasteiger partial charge in [0.05, 0.1) is 15.6 Å². The van der Waals surface area contributed by atoms with E-state index in [-0.39, 0.29) is 20.5 Å². The SMILES string of the molecule is CCN(C)C(=O)c1c(Cl)ccc(S(=O)(=O)Cl)c1Cl. The number of hydrogen-bond donors (Lipinski definition) is 0. The summed E-state index contributed by atoms with van der Waals surface area (Å²) in [7, 11) is 2.75. The largest absolute Gasteiger partial charge is 0.342 e. The van der Waals surface area contributed by atoms with E-state index < -0.39 is 15.0 Å². The Bertz CT molecular complexity index is 586. The maximum absolute atomic E-state index is 12.0. The highest BCUT2D eigenvalue weighted by molar-refractivity contribution is 8.13. The van der Waals surface area contributed by atoms with E-state index >= 15 is 0 Å². The number of nitrogens with zero attached hydrogens (tertiary/aromatic N) is 1. The summed E-state index contributed by atoms with van der Waals surface area (Å²) in [4.78, 5) is 13.0. The van der Waals surface area contributed by atoms with Gasteiger partial charge < -0.3 is 4.90 Å². The highest BCUT2D eigenvalue weighted by Gasteiger charge is 2.24. The summed E-state index contributed by atoms with van der Waals surface area (Å²) in [6, 6.07) is 2.44. The van der Waals surface area contributed by atoms with Gasteiger partial charge in [-0.25, -0.2) is 8.42 Å². The van der Waals surface area contributed by atoms with Crippen LogP contribution in [0.2, 0.25) is 10.0 Å². The Morgan fingerprint density at radius 3 is 2.33 bits per heavy atom. The van der Waals surface area contributed by atoms with Crippen molar-refractivity contribution in [3.63, 3.8) is 0 Å². The number of amides is 1. The zero-order chi connectivity index (χ0) is 14.1. The first kappa shape index (κ1) is 15.6. The van der Waals surface area contributed by atoms with Crippen molar-refractivity contribution in [1.82, 2.24) is 4.90 Å². The van der Waals surface area contributed by atoms with Crippen LogP contribution in [-0.4, -0.2) is 32.8 Å². The van der Waals surface area contributed by atoms with Crippen LogP contribution in [0.5, 0.6) is 0 Å². The molecule has 0 aromatic heterocycles. The molecule has 0 atom stereocenters. The van der Waals surface area contributed by atoms with Crippen molar-refractivity contribution in [3.05, 3.63) is 27.7 Å². The molecule has 0 fully saturated rings. The van der Waals surface area contributed by atoms with E-state index in [0.717, 1.165) is 6.07 Å². The monoisotopic (exact) mass is 329 g/mol. The molecular weight excluding hydrogens is 321 g/mol. The summed E-state index contributed by atoms with van der Waals surface area (Å²) in [5, 5.41) is -0.183. The van der Waals surface area contributed by atoms with Gasteiger partial charge in [0.2, 0.25) is 0 Å². The average Bonchev–Trinajstić information content (AvgIpc) is 2.25. The second-order valence-corrected chi connectivity index (χ2v) is 6.81. The fourth-order valence-corrected chi connectivity index (χ4v) is 3.14. The molecule has 0 saturated carbocycles. The second kappa shape index (κ2) is 5.65. The molecule has 1 rings (SSSR count). The van der Waals surface area contributed by atoms with Crippen molar-refractivity contribution in [1.29, 1.82) is 0 Å². The number of hydrogen-bond acceptors (Lipinski definition) is 3. The molecule has 0 aliphatic rings. The van der Waals surface area contributed by atoms with Crippen LogP contribution in [0.4, 0.5) is 0 Å². The molecule has 1 aromatic rings. The molecular formula is C10H10Cl3NO3S. The standard InChI is InChI=1S/C10H10Cl3NO3S/c1-3-14(2)10(15)8-6(11)4-5-7(9(8)12)18(13,16)17/h4-5H,3H2,1-2H3. The number of rotatable bonds is 3. The molecule has 8 heteroatoms. The van der Waals surface area contributed by atoms with Gasteiger partial charge in [-0.1, -0.05) is 23.2 Å². The number of benzene rings is 1. The van der Waals surface area contributed by atoms with Crippen molar-refractivity contribution in [2.24, 2.45) is 0 Å². The first-order valence-electron chi connectivity index (χ1n) is 4.88. The van der Waals surface area contributed by atoms with Crippen LogP contribution in [0.1, 0.15) is 17.3 Å². The molecule has 0 bridgehead atoms. The third kappa shape index (κ3) is 3.09. The molecule has 100 valence electrons. The normalized spacial score (nSPS) is 11.4. The van der Waals surface area contributed by atoms with Gasteiger partial charge in [0.15, 0.2) is 0 Å². The first-order chi connectivity index (χ1) is 8.20. The molecule has 0 aliphatic heterocycles. The minimum atomic E-state index is -4.03. The molecule has 0 unspecified atom stereocenters. The fourth-order valence-electron chi connectivity index (χ4n) is 1.25. The lowest BCUT2D eigenvalue weighted by atomic mass is 10.2. The van der Waals surface area contributed by atoms with Gasteiger partial charge in [-0.3, -0.25) is 4.79 Å². The van der Waals surface area contributed by atoms with E-state index in [0.29, 0.717) is 6.54 Å². The molecule has 0 N–H and O–H groups in total. The summed E-state index contributed by atoms with van der Waals surface area (Å²) in [5.74, 6) is -0.463. The van der Waals surface area contributed by atoms with Gasteiger partial charge in [-0.2, -0.15) is 0 Å². The van der Waals surface area contributed by atoms with Crippen LogP contribution in [0.3, 0.4) is 0 Å². The lowest BCUT2D eigenvalue weighted by molar-refractivity contribution is 0.0802. The topological polar surface area (TPSA) is 54.5 Å². The number of halogens is 3. The first-order valence-corrected chi connectivity index (χ1v) is 7.94. The summed E-state index contributed by atoms with van der Waals surface area (Å²) in [6.07, 6.45) is 0. The molecule has 0 heterocycles. The molecule has 0 saturated heterocycles. The maximum atomic E-state index is 12.0. The minimum absolute atomic E-state index is 0.0654. The fraction of sp³-hybridized carbons (Fsp3) is 0.300. The van der Waals surface area contributed by atoms with E-state index in [1.807, 2.05) is 0 Å². The quantitative estimate of drug-likeness (QED) is 0.801. The second-order valence-electron chi connectivity index (χ2n) is 3.49. The van der Waals surface area contributed by atoms with Gasteiger partial charge >= 0.3 is 0 Å². The Balaban J connectivity index is 3.50. The number of carbonyl (C=O) groups is 1. The average molecular weight is 331 g/mol. The summed E-state index contributed by atoms with van der Waals surface area (Å²) in [6.45, 7) is 2.20. The predicted octanol–water partition coefficient (Wildman–Crippen LogP) is 3.01. The highest BCUT2D eigenvalue weighted by atomic mass is 35.7. The zero-order valence-corrected chi connectivity index (χ0v) is 12.7. The Labute approximate surface area is 120 Å². The van der Waals surface area contributed by atoms with Crippen molar-refractivity contribution < 1.29 is 13.2 Å². The zero-order valence-electron chi connectivity index (χ0n) is 9.58. The maximum Gasteiger partial charge on any atom is 0.262 e. The third-order valence-electron chi connectivity index (χ3n) is 2.35. The summed E-state index contributed by atoms with van der Waals surface area (Å²) >= 11 is 11.8. The smallest absolute Gasteiger partial charge is 0.262 e. The molecule has 18 heavy (non-hydrogen) atoms. The molecule has 0 spiro atoms. The van der Waals surface area contributed by atoms with Gasteiger partial charge in [0, 0.05) is 24.3 Å². The Morgan fingerprint density at radius 2 is 1.89 bits per heavy atom. The Morgan fingerprint density at radius 1 is 1.33 bits per heavy atom. The molecule has 1 amide bonds. The van der Waals surface area contributed by atoms with Gasteiger partial charge in [-0.05, 0) is 19.1 Å². The third-order valence-corrected chi connectivity index (χ3v) is 4.54. The molecule has 0 radical (unpaired) electrons. The van der Waals surface area contributed by atoms with E-state index in [9.17, 15) is 13.2 Å². The van der Waals surface area contributed by atoms with Gasteiger partial charge in [0.1, 0.15) is 4.90 Å². The van der Waals surface area contributed by atoms with Crippen molar-refractivity contribution in [2.45, 2.75) is 11.8 Å². The van der Waals surface area contributed by atoms with Crippen LogP contribution in [0.15, 0.2) is 17.0 Å². The minimum Gasteiger partial charge on any atom is -0.342 e. The van der Waals surface area contributed by atoms with Crippen molar-refractivity contribution >= 4 is 48.8 Å². The van der Waals surface area contributed by atoms with Crippen LogP contribution < -0.4 is 0 Å². The van der Waals surface area contributed by atoms with Crippen LogP contribution >= 0.6 is 33.9 Å². The molecule has 0 aliphatic carbocycles. The Hall–Kier alpha value is -0.490. The number of carbonyl (C=O) groups excluding carboxylic acids is 1. The molecule has 4 nitrogen and oxygen atoms in total. The van der Waals surface area contributed by atoms with Gasteiger partial charge in [-0.15, -0.1) is 0 Å². The summed E-state index contributed by atoms with van der Waals surface area (Å²) < 4.78 is 22.6. The van der Waals surface area contributed by atoms with E-state index in [1.165, 1.54) is 11.0 Å². The van der Waals surface area contributed by atoms with Crippen molar-refractivity contribution in [2.75, 3.05) is 13.6 Å². The Kier molecular flexibility index (Phi) is 4.89. The lowest BCUT2D eigenvalue weighted by Crippen LogP contribution is -2.27. The molecule has 1 aromatic carbocycles. The van der Waals surface area contributed by atoms with Crippen molar-refractivity contribution in [3.8, 4) is 0 Å². The van der Waals surface area contributed by atoms with Crippen LogP contribution in [0.25, 0.3) is 0 Å². The van der Waals surface area contributed by atoms with E-state index in [4.69, 9.17) is 33.9 Å². The highest BCUT2D eigenvalue weighted by Crippen LogP contribution is 2.33. The lowest BCUT2D eigenvalue weighted by Gasteiger charge is -2.17. The van der Waals surface area contributed by atoms with E-state index in [2.05, 4.69) is 0 Å². The van der Waals surface area contributed by atoms with E-state index in [1.54, 1.807) is 14.0 Å². The van der Waals surface area contributed by atoms with Crippen LogP contribution in [0, 0.1) is 0 Å². The van der Waals surface area contributed by atoms with Gasteiger partial charge in [0.25, 0.3) is 15.0 Å². The van der Waals surface area contributed by atoms with Crippen LogP contribution in [-0.2, 0) is 9.05 Å².